The molecule has 0 radical (unpaired) electrons. The minimum absolute atomic E-state index is 0.127. The highest BCUT2D eigenvalue weighted by Crippen LogP contribution is 2.29. The van der Waals surface area contributed by atoms with Gasteiger partial charge < -0.3 is 19.5 Å². The van der Waals surface area contributed by atoms with Gasteiger partial charge in [0.15, 0.2) is 11.5 Å². The number of morpholine rings is 1. The number of carbonyl (C=O) groups is 1. The molecule has 2 aromatic carbocycles. The molecule has 2 aromatic rings. The van der Waals surface area contributed by atoms with Gasteiger partial charge in [-0.05, 0) is 42.2 Å². The summed E-state index contributed by atoms with van der Waals surface area (Å²) in [6, 6.07) is 13.6. The molecule has 168 valence electrons. The molecule has 1 saturated heterocycles. The lowest BCUT2D eigenvalue weighted by Crippen LogP contribution is -2.36. The Bertz CT molecular complexity index is 847. The van der Waals surface area contributed by atoms with Crippen LogP contribution in [0.4, 0.5) is 0 Å². The van der Waals surface area contributed by atoms with E-state index in [2.05, 4.69) is 36.2 Å². The van der Waals surface area contributed by atoms with Gasteiger partial charge in [-0.3, -0.25) is 9.69 Å². The smallest absolute Gasteiger partial charge is 0.251 e. The highest BCUT2D eigenvalue weighted by Gasteiger charge is 2.15. The molecule has 3 rings (SSSR count). The third-order valence-electron chi connectivity index (χ3n) is 5.13. The predicted octanol–water partition coefficient (Wildman–Crippen LogP) is 3.88. The van der Waals surface area contributed by atoms with Crippen LogP contribution in [-0.2, 0) is 17.8 Å². The van der Waals surface area contributed by atoms with Gasteiger partial charge in [0, 0.05) is 31.7 Å². The first-order valence-electron chi connectivity index (χ1n) is 11.1. The summed E-state index contributed by atoms with van der Waals surface area (Å²) in [4.78, 5) is 15.2. The number of hydrogen-bond donors (Lipinski definition) is 1. The number of hydrogen-bond acceptors (Lipinski definition) is 5. The van der Waals surface area contributed by atoms with Gasteiger partial charge in [0.2, 0.25) is 0 Å². The van der Waals surface area contributed by atoms with Crippen molar-refractivity contribution in [2.75, 3.05) is 39.5 Å². The number of amides is 1. The van der Waals surface area contributed by atoms with Crippen LogP contribution in [-0.4, -0.2) is 50.3 Å². The minimum Gasteiger partial charge on any atom is -0.490 e. The molecule has 0 bridgehead atoms. The number of nitrogens with one attached hydrogen (secondary N) is 1. The standard InChI is InChI=1S/C25H34N2O4/c1-4-30-24-15-20(9-10-23(24)31-18-19(2)3)25(28)26-16-21-7-5-6-8-22(21)17-27-11-13-29-14-12-27/h5-10,15,19H,4,11-14,16-18H2,1-3H3,(H,26,28). The van der Waals surface area contributed by atoms with Crippen LogP contribution in [0.3, 0.4) is 0 Å². The van der Waals surface area contributed by atoms with Crippen molar-refractivity contribution in [3.63, 3.8) is 0 Å². The van der Waals surface area contributed by atoms with E-state index in [0.29, 0.717) is 42.7 Å². The van der Waals surface area contributed by atoms with Crippen molar-refractivity contribution in [1.82, 2.24) is 10.2 Å². The van der Waals surface area contributed by atoms with Crippen LogP contribution >= 0.6 is 0 Å². The van der Waals surface area contributed by atoms with Crippen molar-refractivity contribution in [2.45, 2.75) is 33.9 Å². The zero-order valence-corrected chi connectivity index (χ0v) is 18.9. The Morgan fingerprint density at radius 1 is 1.06 bits per heavy atom. The van der Waals surface area contributed by atoms with Gasteiger partial charge in [0.05, 0.1) is 26.4 Å². The van der Waals surface area contributed by atoms with Crippen LogP contribution < -0.4 is 14.8 Å². The molecular weight excluding hydrogens is 392 g/mol. The fourth-order valence-corrected chi connectivity index (χ4v) is 3.46. The average Bonchev–Trinajstić information content (AvgIpc) is 2.78. The second kappa shape index (κ2) is 11.7. The van der Waals surface area contributed by atoms with Crippen LogP contribution in [0.1, 0.15) is 42.3 Å². The Kier molecular flexibility index (Phi) is 8.74. The summed E-state index contributed by atoms with van der Waals surface area (Å²) in [7, 11) is 0. The first-order chi connectivity index (χ1) is 15.1. The predicted molar refractivity (Wildman–Crippen MR) is 122 cm³/mol. The molecule has 0 saturated carbocycles. The van der Waals surface area contributed by atoms with Crippen LogP contribution in [0.15, 0.2) is 42.5 Å². The van der Waals surface area contributed by atoms with Gasteiger partial charge in [-0.2, -0.15) is 0 Å². The van der Waals surface area contributed by atoms with Gasteiger partial charge in [-0.15, -0.1) is 0 Å². The average molecular weight is 427 g/mol. The van der Waals surface area contributed by atoms with Gasteiger partial charge in [0.25, 0.3) is 5.91 Å². The van der Waals surface area contributed by atoms with E-state index >= 15 is 0 Å². The topological polar surface area (TPSA) is 60.0 Å². The molecule has 0 spiro atoms. The van der Waals surface area contributed by atoms with E-state index in [9.17, 15) is 4.79 Å². The lowest BCUT2D eigenvalue weighted by Gasteiger charge is -2.27. The highest BCUT2D eigenvalue weighted by molar-refractivity contribution is 5.94. The third-order valence-corrected chi connectivity index (χ3v) is 5.13. The van der Waals surface area contributed by atoms with Crippen molar-refractivity contribution < 1.29 is 19.0 Å². The maximum absolute atomic E-state index is 12.8. The SMILES string of the molecule is CCOc1cc(C(=O)NCc2ccccc2CN2CCOCC2)ccc1OCC(C)C. The van der Waals surface area contributed by atoms with Crippen LogP contribution in [0.5, 0.6) is 11.5 Å². The lowest BCUT2D eigenvalue weighted by atomic mass is 10.1. The molecular formula is C25H34N2O4. The fourth-order valence-electron chi connectivity index (χ4n) is 3.46. The van der Waals surface area contributed by atoms with Crippen molar-refractivity contribution in [3.05, 3.63) is 59.2 Å². The number of ether oxygens (including phenoxy) is 3. The summed E-state index contributed by atoms with van der Waals surface area (Å²) in [5, 5.41) is 3.05. The van der Waals surface area contributed by atoms with E-state index in [-0.39, 0.29) is 5.91 Å². The van der Waals surface area contributed by atoms with Crippen molar-refractivity contribution in [2.24, 2.45) is 5.92 Å². The van der Waals surface area contributed by atoms with Crippen molar-refractivity contribution >= 4 is 5.91 Å². The maximum Gasteiger partial charge on any atom is 0.251 e. The van der Waals surface area contributed by atoms with E-state index < -0.39 is 0 Å². The largest absolute Gasteiger partial charge is 0.490 e. The van der Waals surface area contributed by atoms with Crippen LogP contribution in [0.25, 0.3) is 0 Å². The normalized spacial score (nSPS) is 14.5. The quantitative estimate of drug-likeness (QED) is 0.625. The van der Waals surface area contributed by atoms with Gasteiger partial charge >= 0.3 is 0 Å². The zero-order chi connectivity index (χ0) is 22.1. The van der Waals surface area contributed by atoms with Gasteiger partial charge in [-0.25, -0.2) is 0 Å². The fraction of sp³-hybridized carbons (Fsp3) is 0.480. The van der Waals surface area contributed by atoms with E-state index in [1.165, 1.54) is 5.56 Å². The summed E-state index contributed by atoms with van der Waals surface area (Å²) in [6.07, 6.45) is 0. The second-order valence-electron chi connectivity index (χ2n) is 8.14. The Hall–Kier alpha value is -2.57. The Morgan fingerprint density at radius 3 is 2.52 bits per heavy atom. The molecule has 31 heavy (non-hydrogen) atoms. The third kappa shape index (κ3) is 6.97. The molecule has 0 atom stereocenters. The lowest BCUT2D eigenvalue weighted by molar-refractivity contribution is 0.0340. The molecule has 1 fully saturated rings. The molecule has 0 unspecified atom stereocenters. The van der Waals surface area contributed by atoms with Crippen LogP contribution in [0, 0.1) is 5.92 Å². The Morgan fingerprint density at radius 2 is 1.81 bits per heavy atom. The van der Waals surface area contributed by atoms with E-state index in [1.807, 2.05) is 25.1 Å². The molecule has 1 N–H and O–H groups in total. The summed E-state index contributed by atoms with van der Waals surface area (Å²) < 4.78 is 17.0. The summed E-state index contributed by atoms with van der Waals surface area (Å²) >= 11 is 0. The van der Waals surface area contributed by atoms with Gasteiger partial charge in [0.1, 0.15) is 0 Å². The number of rotatable bonds is 10. The molecule has 1 aliphatic heterocycles. The van der Waals surface area contributed by atoms with Crippen molar-refractivity contribution in [3.8, 4) is 11.5 Å². The molecule has 0 aromatic heterocycles. The Labute approximate surface area is 185 Å². The van der Waals surface area contributed by atoms with Crippen LogP contribution in [0.2, 0.25) is 0 Å². The first kappa shape index (κ1) is 23.1. The molecule has 6 nitrogen and oxygen atoms in total. The van der Waals surface area contributed by atoms with Gasteiger partial charge in [-0.1, -0.05) is 38.1 Å². The minimum atomic E-state index is -0.127. The molecule has 0 aliphatic carbocycles. The summed E-state index contributed by atoms with van der Waals surface area (Å²) in [5.41, 5.74) is 2.92. The second-order valence-corrected chi connectivity index (χ2v) is 8.14. The molecule has 1 amide bonds. The molecule has 1 heterocycles. The molecule has 1 aliphatic rings. The first-order valence-corrected chi connectivity index (χ1v) is 11.1. The monoisotopic (exact) mass is 426 g/mol. The number of nitrogens with zero attached hydrogens (tertiary/aromatic N) is 1. The maximum atomic E-state index is 12.8. The van der Waals surface area contributed by atoms with E-state index in [4.69, 9.17) is 14.2 Å². The van der Waals surface area contributed by atoms with E-state index in [1.54, 1.807) is 12.1 Å². The van der Waals surface area contributed by atoms with E-state index in [0.717, 1.165) is 38.4 Å². The molecule has 6 heteroatoms. The Balaban J connectivity index is 1.64. The number of carbonyl (C=O) groups excluding carboxylic acids is 1. The summed E-state index contributed by atoms with van der Waals surface area (Å²) in [5.74, 6) is 1.55. The zero-order valence-electron chi connectivity index (χ0n) is 18.9. The van der Waals surface area contributed by atoms with Crippen molar-refractivity contribution in [1.29, 1.82) is 0 Å². The summed E-state index contributed by atoms with van der Waals surface area (Å²) in [6.45, 7) is 12.0. The highest BCUT2D eigenvalue weighted by atomic mass is 16.5. The number of benzene rings is 2.